The Morgan fingerprint density at radius 3 is 3.06 bits per heavy atom. The molecule has 4 nitrogen and oxygen atoms in total. The largest absolute Gasteiger partial charge is 0.494 e. The standard InChI is InChI=1S/C12H15FN2O2/c1-17-11-7-8(13)4-5-9(11)15-12(16)10-3-2-6-14-10/h4-5,7,10,14H,2-3,6H2,1H3,(H,15,16)/t10-/m1/s1. The molecule has 17 heavy (non-hydrogen) atoms. The molecule has 1 heterocycles. The Bertz CT molecular complexity index is 417. The van der Waals surface area contributed by atoms with E-state index in [-0.39, 0.29) is 17.8 Å². The third-order valence-corrected chi connectivity index (χ3v) is 2.80. The summed E-state index contributed by atoms with van der Waals surface area (Å²) in [5.41, 5.74) is 0.493. The molecule has 1 aromatic rings. The monoisotopic (exact) mass is 238 g/mol. The molecule has 0 unspecified atom stereocenters. The normalized spacial score (nSPS) is 19.1. The fraction of sp³-hybridized carbons (Fsp3) is 0.417. The molecule has 1 amide bonds. The zero-order valence-corrected chi connectivity index (χ0v) is 9.63. The van der Waals surface area contributed by atoms with Crippen LogP contribution in [0.3, 0.4) is 0 Å². The molecule has 1 saturated heterocycles. The van der Waals surface area contributed by atoms with Crippen LogP contribution in [0.5, 0.6) is 5.75 Å². The maximum Gasteiger partial charge on any atom is 0.241 e. The quantitative estimate of drug-likeness (QED) is 0.839. The SMILES string of the molecule is COc1cc(F)ccc1NC(=O)[C@H]1CCCN1. The minimum absolute atomic E-state index is 0.104. The van der Waals surface area contributed by atoms with E-state index >= 15 is 0 Å². The van der Waals surface area contributed by atoms with Crippen molar-refractivity contribution in [1.82, 2.24) is 5.32 Å². The lowest BCUT2D eigenvalue weighted by Gasteiger charge is -2.13. The van der Waals surface area contributed by atoms with Crippen LogP contribution in [-0.4, -0.2) is 25.6 Å². The van der Waals surface area contributed by atoms with E-state index < -0.39 is 0 Å². The number of ether oxygens (including phenoxy) is 1. The number of hydrogen-bond donors (Lipinski definition) is 2. The molecule has 1 aliphatic rings. The Hall–Kier alpha value is -1.62. The van der Waals surface area contributed by atoms with Crippen LogP contribution in [0.1, 0.15) is 12.8 Å². The first-order valence-electron chi connectivity index (χ1n) is 5.58. The van der Waals surface area contributed by atoms with Crippen LogP contribution in [0, 0.1) is 5.82 Å². The minimum atomic E-state index is -0.390. The summed E-state index contributed by atoms with van der Waals surface area (Å²) in [5.74, 6) is -0.164. The molecule has 1 fully saturated rings. The third kappa shape index (κ3) is 2.74. The number of halogens is 1. The van der Waals surface area contributed by atoms with Crippen LogP contribution in [0.25, 0.3) is 0 Å². The number of methoxy groups -OCH3 is 1. The first kappa shape index (κ1) is 11.9. The number of hydrogen-bond acceptors (Lipinski definition) is 3. The second kappa shape index (κ2) is 5.14. The smallest absolute Gasteiger partial charge is 0.241 e. The maximum absolute atomic E-state index is 13.0. The summed E-state index contributed by atoms with van der Waals surface area (Å²) in [5, 5.41) is 5.84. The van der Waals surface area contributed by atoms with Gasteiger partial charge in [0.1, 0.15) is 11.6 Å². The van der Waals surface area contributed by atoms with E-state index in [0.717, 1.165) is 19.4 Å². The summed E-state index contributed by atoms with van der Waals surface area (Å²) < 4.78 is 18.0. The highest BCUT2D eigenvalue weighted by Gasteiger charge is 2.22. The highest BCUT2D eigenvalue weighted by atomic mass is 19.1. The minimum Gasteiger partial charge on any atom is -0.494 e. The lowest BCUT2D eigenvalue weighted by atomic mass is 10.2. The molecule has 1 atom stereocenters. The molecule has 1 aromatic carbocycles. The number of carbonyl (C=O) groups is 1. The summed E-state index contributed by atoms with van der Waals surface area (Å²) in [6.07, 6.45) is 1.83. The first-order valence-corrected chi connectivity index (χ1v) is 5.58. The Labute approximate surface area is 99.2 Å². The summed E-state index contributed by atoms with van der Waals surface area (Å²) in [6.45, 7) is 0.860. The van der Waals surface area contributed by atoms with Gasteiger partial charge >= 0.3 is 0 Å². The summed E-state index contributed by atoms with van der Waals surface area (Å²) in [6, 6.07) is 3.88. The molecule has 2 N–H and O–H groups in total. The van der Waals surface area contributed by atoms with Gasteiger partial charge in [0.2, 0.25) is 5.91 Å². The first-order chi connectivity index (χ1) is 8.20. The Kier molecular flexibility index (Phi) is 3.58. The number of carbonyl (C=O) groups excluding carboxylic acids is 1. The van der Waals surface area contributed by atoms with Gasteiger partial charge in [0.25, 0.3) is 0 Å². The van der Waals surface area contributed by atoms with Crippen molar-refractivity contribution in [3.05, 3.63) is 24.0 Å². The van der Waals surface area contributed by atoms with E-state index in [0.29, 0.717) is 11.4 Å². The molecule has 1 aliphatic heterocycles. The van der Waals surface area contributed by atoms with E-state index in [4.69, 9.17) is 4.74 Å². The number of benzene rings is 1. The van der Waals surface area contributed by atoms with Crippen molar-refractivity contribution in [1.29, 1.82) is 0 Å². The molecule has 92 valence electrons. The van der Waals surface area contributed by atoms with Gasteiger partial charge in [0.15, 0.2) is 0 Å². The molecular formula is C12H15FN2O2. The Morgan fingerprint density at radius 2 is 2.41 bits per heavy atom. The fourth-order valence-corrected chi connectivity index (χ4v) is 1.90. The van der Waals surface area contributed by atoms with Gasteiger partial charge in [-0.1, -0.05) is 0 Å². The van der Waals surface area contributed by atoms with Crippen molar-refractivity contribution in [2.24, 2.45) is 0 Å². The van der Waals surface area contributed by atoms with Gasteiger partial charge in [-0.25, -0.2) is 4.39 Å². The molecule has 2 rings (SSSR count). The zero-order valence-electron chi connectivity index (χ0n) is 9.63. The highest BCUT2D eigenvalue weighted by Crippen LogP contribution is 2.25. The fourth-order valence-electron chi connectivity index (χ4n) is 1.90. The van der Waals surface area contributed by atoms with Crippen LogP contribution in [0.4, 0.5) is 10.1 Å². The second-order valence-corrected chi connectivity index (χ2v) is 3.98. The van der Waals surface area contributed by atoms with Crippen molar-refractivity contribution < 1.29 is 13.9 Å². The van der Waals surface area contributed by atoms with Gasteiger partial charge in [-0.3, -0.25) is 4.79 Å². The molecule has 0 aliphatic carbocycles. The van der Waals surface area contributed by atoms with Gasteiger partial charge < -0.3 is 15.4 Å². The molecule has 0 radical (unpaired) electrons. The highest BCUT2D eigenvalue weighted by molar-refractivity contribution is 5.96. The molecule has 0 aromatic heterocycles. The number of rotatable bonds is 3. The zero-order chi connectivity index (χ0) is 12.3. The van der Waals surface area contributed by atoms with E-state index in [2.05, 4.69) is 10.6 Å². The van der Waals surface area contributed by atoms with Gasteiger partial charge in [-0.15, -0.1) is 0 Å². The number of anilines is 1. The molecule has 0 spiro atoms. The van der Waals surface area contributed by atoms with Gasteiger partial charge in [-0.2, -0.15) is 0 Å². The predicted octanol–water partition coefficient (Wildman–Crippen LogP) is 1.52. The van der Waals surface area contributed by atoms with Gasteiger partial charge in [0, 0.05) is 6.07 Å². The van der Waals surface area contributed by atoms with E-state index in [1.54, 1.807) is 0 Å². The van der Waals surface area contributed by atoms with Crippen LogP contribution in [0.15, 0.2) is 18.2 Å². The Balaban J connectivity index is 2.09. The summed E-state index contributed by atoms with van der Waals surface area (Å²) in [7, 11) is 1.44. The van der Waals surface area contributed by atoms with Crippen LogP contribution >= 0.6 is 0 Å². The second-order valence-electron chi connectivity index (χ2n) is 3.98. The molecule has 0 saturated carbocycles. The van der Waals surface area contributed by atoms with Gasteiger partial charge in [-0.05, 0) is 31.5 Å². The lowest BCUT2D eigenvalue weighted by Crippen LogP contribution is -2.35. The molecule has 5 heteroatoms. The van der Waals surface area contributed by atoms with Crippen molar-refractivity contribution >= 4 is 11.6 Å². The topological polar surface area (TPSA) is 50.4 Å². The summed E-state index contributed by atoms with van der Waals surface area (Å²) >= 11 is 0. The van der Waals surface area contributed by atoms with Crippen LogP contribution < -0.4 is 15.4 Å². The Morgan fingerprint density at radius 1 is 1.59 bits per heavy atom. The van der Waals surface area contributed by atoms with Crippen LogP contribution in [-0.2, 0) is 4.79 Å². The van der Waals surface area contributed by atoms with Crippen molar-refractivity contribution in [3.8, 4) is 5.75 Å². The third-order valence-electron chi connectivity index (χ3n) is 2.80. The number of amides is 1. The predicted molar refractivity (Wildman–Crippen MR) is 62.6 cm³/mol. The van der Waals surface area contributed by atoms with Crippen molar-refractivity contribution in [3.63, 3.8) is 0 Å². The maximum atomic E-state index is 13.0. The van der Waals surface area contributed by atoms with Crippen LogP contribution in [0.2, 0.25) is 0 Å². The van der Waals surface area contributed by atoms with E-state index in [1.807, 2.05) is 0 Å². The average Bonchev–Trinajstić information content (AvgIpc) is 2.85. The molecular weight excluding hydrogens is 223 g/mol. The van der Waals surface area contributed by atoms with E-state index in [1.165, 1.54) is 25.3 Å². The molecule has 0 bridgehead atoms. The summed E-state index contributed by atoms with van der Waals surface area (Å²) in [4.78, 5) is 11.8. The van der Waals surface area contributed by atoms with Gasteiger partial charge in [0.05, 0.1) is 18.8 Å². The van der Waals surface area contributed by atoms with Crippen molar-refractivity contribution in [2.75, 3.05) is 19.0 Å². The lowest BCUT2D eigenvalue weighted by molar-refractivity contribution is -0.117. The number of nitrogens with one attached hydrogen (secondary N) is 2. The average molecular weight is 238 g/mol. The van der Waals surface area contributed by atoms with Crippen molar-refractivity contribution in [2.45, 2.75) is 18.9 Å². The van der Waals surface area contributed by atoms with E-state index in [9.17, 15) is 9.18 Å².